The molecule has 2 aromatic carbocycles. The van der Waals surface area contributed by atoms with Crippen LogP contribution < -0.4 is 5.32 Å². The third-order valence-corrected chi connectivity index (χ3v) is 3.30. The van der Waals surface area contributed by atoms with Gasteiger partial charge in [-0.15, -0.1) is 0 Å². The fraction of sp³-hybridized carbons (Fsp3) is 0.0588. The summed E-state index contributed by atoms with van der Waals surface area (Å²) in [4.78, 5) is 4.46. The first-order valence-corrected chi connectivity index (χ1v) is 6.50. The van der Waals surface area contributed by atoms with Crippen LogP contribution in [0.25, 0.3) is 10.9 Å². The van der Waals surface area contributed by atoms with Crippen molar-refractivity contribution in [1.29, 1.82) is 5.26 Å². The van der Waals surface area contributed by atoms with Gasteiger partial charge in [0.1, 0.15) is 17.7 Å². The van der Waals surface area contributed by atoms with E-state index in [0.29, 0.717) is 17.1 Å². The number of nitriles is 1. The summed E-state index contributed by atoms with van der Waals surface area (Å²) in [7, 11) is 0. The Morgan fingerprint density at radius 1 is 1.14 bits per heavy atom. The van der Waals surface area contributed by atoms with E-state index >= 15 is 0 Å². The number of hydrogen-bond acceptors (Lipinski definition) is 3. The molecule has 3 aromatic rings. The largest absolute Gasteiger partial charge is 0.339 e. The highest BCUT2D eigenvalue weighted by molar-refractivity contribution is 5.83. The lowest BCUT2D eigenvalue weighted by Crippen LogP contribution is -1.99. The number of aryl methyl sites for hydroxylation is 1. The zero-order valence-corrected chi connectivity index (χ0v) is 11.4. The van der Waals surface area contributed by atoms with E-state index in [1.807, 2.05) is 31.2 Å². The van der Waals surface area contributed by atoms with Gasteiger partial charge in [-0.25, -0.2) is 9.37 Å². The van der Waals surface area contributed by atoms with Gasteiger partial charge in [0.05, 0.1) is 11.1 Å². The SMILES string of the molecule is Cc1ccc(F)cc1Nc1nc2ccccc2cc1C#N. The molecule has 0 amide bonds. The van der Waals surface area contributed by atoms with Crippen LogP contribution in [0.4, 0.5) is 15.9 Å². The van der Waals surface area contributed by atoms with Gasteiger partial charge >= 0.3 is 0 Å². The number of benzene rings is 2. The Morgan fingerprint density at radius 3 is 2.76 bits per heavy atom. The van der Waals surface area contributed by atoms with Crippen LogP contribution in [0.15, 0.2) is 48.5 Å². The van der Waals surface area contributed by atoms with E-state index in [1.54, 1.807) is 12.1 Å². The summed E-state index contributed by atoms with van der Waals surface area (Å²) in [6.07, 6.45) is 0. The summed E-state index contributed by atoms with van der Waals surface area (Å²) in [5.74, 6) is 0.104. The molecule has 0 fully saturated rings. The molecule has 1 N–H and O–H groups in total. The molecule has 21 heavy (non-hydrogen) atoms. The van der Waals surface area contributed by atoms with E-state index in [2.05, 4.69) is 16.4 Å². The van der Waals surface area contributed by atoms with Crippen LogP contribution in [-0.2, 0) is 0 Å². The second-order valence-electron chi connectivity index (χ2n) is 4.77. The number of nitrogens with zero attached hydrogens (tertiary/aromatic N) is 2. The van der Waals surface area contributed by atoms with Crippen molar-refractivity contribution in [3.63, 3.8) is 0 Å². The third-order valence-electron chi connectivity index (χ3n) is 3.30. The van der Waals surface area contributed by atoms with Crippen molar-refractivity contribution in [2.24, 2.45) is 0 Å². The van der Waals surface area contributed by atoms with E-state index in [9.17, 15) is 9.65 Å². The summed E-state index contributed by atoms with van der Waals surface area (Å²) < 4.78 is 13.4. The van der Waals surface area contributed by atoms with Gasteiger partial charge in [0, 0.05) is 11.1 Å². The maximum Gasteiger partial charge on any atom is 0.149 e. The van der Waals surface area contributed by atoms with Crippen LogP contribution in [0.3, 0.4) is 0 Å². The average Bonchev–Trinajstić information content (AvgIpc) is 2.50. The van der Waals surface area contributed by atoms with Crippen molar-refractivity contribution in [2.45, 2.75) is 6.92 Å². The molecule has 3 nitrogen and oxygen atoms in total. The molecule has 0 unspecified atom stereocenters. The number of pyridine rings is 1. The number of aromatic nitrogens is 1. The molecule has 0 bridgehead atoms. The van der Waals surface area contributed by atoms with Crippen molar-refractivity contribution in [3.8, 4) is 6.07 Å². The lowest BCUT2D eigenvalue weighted by molar-refractivity contribution is 0.628. The number of halogens is 1. The van der Waals surface area contributed by atoms with Crippen molar-refractivity contribution in [3.05, 3.63) is 65.5 Å². The van der Waals surface area contributed by atoms with Gasteiger partial charge in [-0.1, -0.05) is 24.3 Å². The molecule has 0 aliphatic rings. The van der Waals surface area contributed by atoms with Gasteiger partial charge in [-0.05, 0) is 36.8 Å². The van der Waals surface area contributed by atoms with Crippen molar-refractivity contribution < 1.29 is 4.39 Å². The summed E-state index contributed by atoms with van der Waals surface area (Å²) in [6, 6.07) is 15.9. The van der Waals surface area contributed by atoms with Gasteiger partial charge in [0.25, 0.3) is 0 Å². The molecule has 102 valence electrons. The average molecular weight is 277 g/mol. The van der Waals surface area contributed by atoms with Crippen LogP contribution in [0.1, 0.15) is 11.1 Å². The molecule has 3 rings (SSSR count). The van der Waals surface area contributed by atoms with Gasteiger partial charge in [0.2, 0.25) is 0 Å². The predicted molar refractivity (Wildman–Crippen MR) is 80.9 cm³/mol. The monoisotopic (exact) mass is 277 g/mol. The second kappa shape index (κ2) is 5.22. The first-order chi connectivity index (χ1) is 10.2. The number of fused-ring (bicyclic) bond motifs is 1. The Labute approximate surface area is 121 Å². The highest BCUT2D eigenvalue weighted by Crippen LogP contribution is 2.25. The minimum atomic E-state index is -0.331. The maximum atomic E-state index is 13.4. The number of hydrogen-bond donors (Lipinski definition) is 1. The van der Waals surface area contributed by atoms with Crippen molar-refractivity contribution in [1.82, 2.24) is 4.98 Å². The van der Waals surface area contributed by atoms with Crippen LogP contribution in [0.2, 0.25) is 0 Å². The molecule has 0 spiro atoms. The van der Waals surface area contributed by atoms with Gasteiger partial charge in [-0.3, -0.25) is 0 Å². The minimum absolute atomic E-state index is 0.331. The molecule has 0 aliphatic heterocycles. The predicted octanol–water partition coefficient (Wildman–Crippen LogP) is 4.30. The third kappa shape index (κ3) is 2.54. The summed E-state index contributed by atoms with van der Waals surface area (Å²) in [6.45, 7) is 1.87. The Bertz CT molecular complexity index is 866. The summed E-state index contributed by atoms with van der Waals surface area (Å²) >= 11 is 0. The van der Waals surface area contributed by atoms with Crippen molar-refractivity contribution >= 4 is 22.4 Å². The number of anilines is 2. The molecular weight excluding hydrogens is 265 g/mol. The van der Waals surface area contributed by atoms with Gasteiger partial charge in [0.15, 0.2) is 0 Å². The van der Waals surface area contributed by atoms with Crippen LogP contribution >= 0.6 is 0 Å². The van der Waals surface area contributed by atoms with Crippen LogP contribution in [0.5, 0.6) is 0 Å². The summed E-state index contributed by atoms with van der Waals surface area (Å²) in [5.41, 5.74) is 2.70. The lowest BCUT2D eigenvalue weighted by Gasteiger charge is -2.11. The molecule has 1 aromatic heterocycles. The van der Waals surface area contributed by atoms with Crippen LogP contribution in [0, 0.1) is 24.1 Å². The van der Waals surface area contributed by atoms with E-state index in [4.69, 9.17) is 0 Å². The first-order valence-electron chi connectivity index (χ1n) is 6.50. The number of nitrogens with one attached hydrogen (secondary N) is 1. The first kappa shape index (κ1) is 13.1. The fourth-order valence-electron chi connectivity index (χ4n) is 2.15. The van der Waals surface area contributed by atoms with E-state index in [-0.39, 0.29) is 5.82 Å². The smallest absolute Gasteiger partial charge is 0.149 e. The van der Waals surface area contributed by atoms with Gasteiger partial charge < -0.3 is 5.32 Å². The topological polar surface area (TPSA) is 48.7 Å². The highest BCUT2D eigenvalue weighted by Gasteiger charge is 2.08. The Kier molecular flexibility index (Phi) is 3.25. The molecule has 1 heterocycles. The molecular formula is C17H12FN3. The summed E-state index contributed by atoms with van der Waals surface area (Å²) in [5, 5.41) is 13.2. The van der Waals surface area contributed by atoms with Gasteiger partial charge in [-0.2, -0.15) is 5.26 Å². The zero-order valence-electron chi connectivity index (χ0n) is 11.4. The second-order valence-corrected chi connectivity index (χ2v) is 4.77. The Hall–Kier alpha value is -2.93. The maximum absolute atomic E-state index is 13.4. The molecule has 0 saturated carbocycles. The molecule has 0 atom stereocenters. The van der Waals surface area contributed by atoms with E-state index in [1.165, 1.54) is 12.1 Å². The van der Waals surface area contributed by atoms with Crippen LogP contribution in [-0.4, -0.2) is 4.98 Å². The Balaban J connectivity index is 2.11. The Morgan fingerprint density at radius 2 is 1.95 bits per heavy atom. The normalized spacial score (nSPS) is 10.3. The lowest BCUT2D eigenvalue weighted by atomic mass is 10.1. The van der Waals surface area contributed by atoms with E-state index in [0.717, 1.165) is 16.5 Å². The number of para-hydroxylation sites is 1. The quantitative estimate of drug-likeness (QED) is 0.759. The standard InChI is InChI=1S/C17H12FN3/c1-11-6-7-14(18)9-16(11)21-17-13(10-19)8-12-4-2-3-5-15(12)20-17/h2-9H,1H3,(H,20,21). The fourth-order valence-corrected chi connectivity index (χ4v) is 2.15. The molecule has 4 heteroatoms. The molecule has 0 saturated heterocycles. The zero-order chi connectivity index (χ0) is 14.8. The molecule has 0 aliphatic carbocycles. The highest BCUT2D eigenvalue weighted by atomic mass is 19.1. The van der Waals surface area contributed by atoms with Crippen molar-refractivity contribution in [2.75, 3.05) is 5.32 Å². The minimum Gasteiger partial charge on any atom is -0.339 e. The number of rotatable bonds is 2. The molecule has 0 radical (unpaired) electrons. The van der Waals surface area contributed by atoms with E-state index < -0.39 is 0 Å².